The third-order valence-corrected chi connectivity index (χ3v) is 1.47. The zero-order chi connectivity index (χ0) is 6.69. The van der Waals surface area contributed by atoms with Crippen LogP contribution in [0.2, 0.25) is 5.15 Å². The molecule has 1 heterocycles. The Bertz CT molecular complexity index is 203. The first kappa shape index (κ1) is 8.44. The van der Waals surface area contributed by atoms with E-state index in [4.69, 9.17) is 11.6 Å². The van der Waals surface area contributed by atoms with Crippen LogP contribution in [-0.2, 0) is 6.54 Å². The molecule has 1 aromatic heterocycles. The van der Waals surface area contributed by atoms with E-state index in [9.17, 15) is 0 Å². The minimum Gasteiger partial charge on any atom is -0.279 e. The largest absolute Gasteiger partial charge is 0.279 e. The van der Waals surface area contributed by atoms with E-state index in [0.29, 0.717) is 6.54 Å². The van der Waals surface area contributed by atoms with Gasteiger partial charge in [0.1, 0.15) is 0 Å². The molecule has 0 unspecified atom stereocenters. The first-order chi connectivity index (χ1) is 4.34. The van der Waals surface area contributed by atoms with Crippen molar-refractivity contribution in [2.75, 3.05) is 0 Å². The number of rotatable bonds is 1. The van der Waals surface area contributed by atoms with Gasteiger partial charge in [-0.2, -0.15) is 0 Å². The van der Waals surface area contributed by atoms with Crippen LogP contribution < -0.4 is 4.57 Å². The molecule has 3 heteroatoms. The minimum absolute atomic E-state index is 0. The fourth-order valence-corrected chi connectivity index (χ4v) is 0.850. The van der Waals surface area contributed by atoms with E-state index in [-0.39, 0.29) is 0 Å². The molecule has 1 nitrogen and oxygen atoms in total. The number of halogens is 1. The summed E-state index contributed by atoms with van der Waals surface area (Å²) >= 11 is 5.75. The Labute approximate surface area is 59.9 Å². The molecule has 0 amide bonds. The van der Waals surface area contributed by atoms with Crippen molar-refractivity contribution in [2.45, 2.75) is 6.54 Å². The molecule has 0 saturated carbocycles. The number of aromatic nitrogens is 1. The van der Waals surface area contributed by atoms with Gasteiger partial charge in [-0.3, -0.25) is 6.92 Å². The molecule has 0 aliphatic carbocycles. The number of nitrogens with zero attached hydrogens (tertiary/aromatic N) is 1. The Kier molecular flexibility index (Phi) is 2.92. The van der Waals surface area contributed by atoms with Crippen LogP contribution in [0.1, 0.15) is 0 Å². The van der Waals surface area contributed by atoms with E-state index in [1.165, 1.54) is 0 Å². The van der Waals surface area contributed by atoms with Gasteiger partial charge in [0.25, 0.3) is 5.15 Å². The van der Waals surface area contributed by atoms with E-state index >= 15 is 0 Å². The molecule has 0 N–H and O–H groups in total. The van der Waals surface area contributed by atoms with Crippen molar-refractivity contribution >= 4 is 11.6 Å². The molecule has 0 radical (unpaired) electrons. The summed E-state index contributed by atoms with van der Waals surface area (Å²) in [5, 5.41) is 0.729. The molecule has 0 aromatic carbocycles. The van der Waals surface area contributed by atoms with Crippen LogP contribution in [-0.4, -0.2) is 0 Å². The summed E-state index contributed by atoms with van der Waals surface area (Å²) < 4.78 is 1.86. The van der Waals surface area contributed by atoms with Crippen LogP contribution in [0.5, 0.6) is 0 Å². The van der Waals surface area contributed by atoms with Gasteiger partial charge in [0.15, 0.2) is 6.20 Å². The van der Waals surface area contributed by atoms with Crippen molar-refractivity contribution in [3.05, 3.63) is 36.5 Å². The summed E-state index contributed by atoms with van der Waals surface area (Å²) in [6, 6.07) is 5.66. The van der Waals surface area contributed by atoms with Gasteiger partial charge >= 0.3 is 0 Å². The maximum atomic E-state index is 5.75. The van der Waals surface area contributed by atoms with Crippen LogP contribution in [0.3, 0.4) is 0 Å². The molecule has 0 aliphatic heterocycles. The Morgan fingerprint density at radius 1 is 1.50 bits per heavy atom. The Balaban J connectivity index is 0.000000810. The van der Waals surface area contributed by atoms with Gasteiger partial charge in [-0.25, -0.2) is 4.57 Å². The summed E-state index contributed by atoms with van der Waals surface area (Å²) in [7, 11) is 0. The molecule has 10 heavy (non-hydrogen) atoms. The van der Waals surface area contributed by atoms with Crippen molar-refractivity contribution < 1.29 is 4.57 Å². The molecule has 0 aliphatic rings. The first-order valence-corrected chi connectivity index (χ1v) is 3.15. The van der Waals surface area contributed by atoms with Gasteiger partial charge in [-0.1, -0.05) is 0 Å². The number of hydrogen-bond acceptors (Lipinski definition) is 0. The maximum Gasteiger partial charge on any atom is 0.272 e. The summed E-state index contributed by atoms with van der Waals surface area (Å²) in [4.78, 5) is 0. The van der Waals surface area contributed by atoms with Gasteiger partial charge in [-0.05, 0) is 17.7 Å². The summed E-state index contributed by atoms with van der Waals surface area (Å²) in [5.41, 5.74) is 0. The molecule has 0 saturated heterocycles. The third kappa shape index (κ3) is 1.46. The van der Waals surface area contributed by atoms with E-state index in [1.807, 2.05) is 29.0 Å². The maximum absolute atomic E-state index is 5.75. The number of pyridine rings is 1. The van der Waals surface area contributed by atoms with Crippen molar-refractivity contribution in [1.82, 2.24) is 0 Å². The van der Waals surface area contributed by atoms with E-state index in [2.05, 4.69) is 6.92 Å². The van der Waals surface area contributed by atoms with Gasteiger partial charge in [-0.15, -0.1) is 0 Å². The zero-order valence-corrected chi connectivity index (χ0v) is 12.9. The fourth-order valence-electron chi connectivity index (χ4n) is 0.637. The minimum atomic E-state index is 0. The zero-order valence-electron chi connectivity index (χ0n) is 5.76. The second-order valence-corrected chi connectivity index (χ2v) is 2.10. The Morgan fingerprint density at radius 2 is 2.20 bits per heavy atom. The summed E-state index contributed by atoms with van der Waals surface area (Å²) in [6.45, 7) is 4.38. The van der Waals surface area contributed by atoms with Gasteiger partial charge in [0.05, 0.1) is 0 Å². The molecule has 1 aromatic rings. The molecule has 0 bridgehead atoms. The third-order valence-electron chi connectivity index (χ3n) is 1.13. The summed E-state index contributed by atoms with van der Waals surface area (Å²) in [6.07, 6.45) is 1.90. The van der Waals surface area contributed by atoms with Crippen molar-refractivity contribution in [2.24, 2.45) is 0 Å². The van der Waals surface area contributed by atoms with Crippen LogP contribution in [0, 0.1) is 6.92 Å². The topological polar surface area (TPSA) is 3.88 Å². The molecule has 0 spiro atoms. The molecule has 1 rings (SSSR count). The molecule has 0 atom stereocenters. The Hall–Kier alpha value is -1.56. The summed E-state index contributed by atoms with van der Waals surface area (Å²) in [5.74, 6) is 0. The first-order valence-electron chi connectivity index (χ1n) is 2.78. The molecule has 0 fully saturated rings. The second-order valence-electron chi connectivity index (χ2n) is 1.72. The Morgan fingerprint density at radius 3 is 2.60 bits per heavy atom. The average Bonchev–Trinajstić information content (AvgIpc) is 1.89. The van der Waals surface area contributed by atoms with Crippen LogP contribution >= 0.6 is 11.6 Å². The predicted molar refractivity (Wildman–Crippen MR) is 37.0 cm³/mol. The SMILES string of the molecule is [CH2-]C[n+]1ccccc1Cl.[Rf]. The van der Waals surface area contributed by atoms with Crippen LogP contribution in [0.4, 0.5) is 0 Å². The number of hydrogen-bond donors (Lipinski definition) is 0. The molecular weight excluding hydrogens is 401 g/mol. The standard InChI is InChI=1S/C7H8ClN.Rf/c1-2-9-6-4-3-5-7(9)8;/h3-6H,1-2H2;. The van der Waals surface area contributed by atoms with Crippen LogP contribution in [0.25, 0.3) is 0 Å². The normalized spacial score (nSPS) is 8.60. The van der Waals surface area contributed by atoms with Gasteiger partial charge < -0.3 is 0 Å². The van der Waals surface area contributed by atoms with Gasteiger partial charge in [0.2, 0.25) is 0 Å². The quantitative estimate of drug-likeness (QED) is 0.376. The van der Waals surface area contributed by atoms with Crippen molar-refractivity contribution in [3.63, 3.8) is 0 Å². The van der Waals surface area contributed by atoms with E-state index in [1.54, 1.807) is 0 Å². The van der Waals surface area contributed by atoms with E-state index < -0.39 is 0 Å². The molecule has 50 valence electrons. The fraction of sp³-hybridized carbons (Fsp3) is 0.143. The monoisotopic (exact) mass is 408 g/mol. The smallest absolute Gasteiger partial charge is 0.272 e. The van der Waals surface area contributed by atoms with Crippen LogP contribution in [0.15, 0.2) is 24.4 Å². The average molecular weight is 409 g/mol. The predicted octanol–water partition coefficient (Wildman–Crippen LogP) is 1.46. The van der Waals surface area contributed by atoms with Crippen molar-refractivity contribution in [3.8, 4) is 0 Å². The second kappa shape index (κ2) is 3.46. The van der Waals surface area contributed by atoms with E-state index in [0.717, 1.165) is 5.15 Å². The van der Waals surface area contributed by atoms with Gasteiger partial charge in [0, 0.05) is 18.7 Å². The van der Waals surface area contributed by atoms with Crippen molar-refractivity contribution in [1.29, 1.82) is 0 Å². The molecular formula is C7H8ClNRf.